The standard InChI is InChI=1S/C5H16N2OSi/c1-3-5-9(6,8)7-4-2/h7-8H,3-6H2,1-2H3. The topological polar surface area (TPSA) is 58.3 Å². The lowest BCUT2D eigenvalue weighted by atomic mass is 10.6. The van der Waals surface area contributed by atoms with Crippen LogP contribution in [0.1, 0.15) is 20.3 Å². The molecule has 9 heavy (non-hydrogen) atoms. The van der Waals surface area contributed by atoms with E-state index in [-0.39, 0.29) is 0 Å². The zero-order chi connectivity index (χ0) is 7.33. The van der Waals surface area contributed by atoms with Gasteiger partial charge in [-0.25, -0.2) is 0 Å². The van der Waals surface area contributed by atoms with Crippen LogP contribution in [-0.2, 0) is 0 Å². The molecule has 0 saturated heterocycles. The average Bonchev–Trinajstić information content (AvgIpc) is 1.64. The van der Waals surface area contributed by atoms with E-state index in [9.17, 15) is 4.80 Å². The smallest absolute Gasteiger partial charge is 0.346 e. The summed E-state index contributed by atoms with van der Waals surface area (Å²) in [6, 6.07) is 0.737. The molecule has 3 nitrogen and oxygen atoms in total. The third-order valence-electron chi connectivity index (χ3n) is 1.11. The SMILES string of the molecule is CCC[Si](N)(O)NCC. The lowest BCUT2D eigenvalue weighted by Gasteiger charge is -2.18. The molecule has 0 bridgehead atoms. The van der Waals surface area contributed by atoms with Crippen LogP contribution in [0.15, 0.2) is 0 Å². The van der Waals surface area contributed by atoms with E-state index in [2.05, 4.69) is 4.98 Å². The highest BCUT2D eigenvalue weighted by Crippen LogP contribution is 1.96. The third kappa shape index (κ3) is 4.59. The number of rotatable bonds is 4. The second-order valence-electron chi connectivity index (χ2n) is 2.20. The van der Waals surface area contributed by atoms with Gasteiger partial charge in [-0.2, -0.15) is 0 Å². The van der Waals surface area contributed by atoms with Crippen molar-refractivity contribution in [3.05, 3.63) is 0 Å². The molecule has 0 rings (SSSR count). The van der Waals surface area contributed by atoms with E-state index < -0.39 is 8.64 Å². The van der Waals surface area contributed by atoms with E-state index in [4.69, 9.17) is 5.40 Å². The van der Waals surface area contributed by atoms with Crippen molar-refractivity contribution < 1.29 is 4.80 Å². The molecule has 1 unspecified atom stereocenters. The van der Waals surface area contributed by atoms with Crippen LogP contribution in [0, 0.1) is 0 Å². The first kappa shape index (κ1) is 9.10. The lowest BCUT2D eigenvalue weighted by molar-refractivity contribution is 0.504. The van der Waals surface area contributed by atoms with Gasteiger partial charge in [-0.1, -0.05) is 20.3 Å². The van der Waals surface area contributed by atoms with Crippen LogP contribution in [-0.4, -0.2) is 20.0 Å². The van der Waals surface area contributed by atoms with E-state index in [0.717, 1.165) is 19.0 Å². The van der Waals surface area contributed by atoms with E-state index in [1.54, 1.807) is 0 Å². The molecule has 0 saturated carbocycles. The molecule has 0 heterocycles. The van der Waals surface area contributed by atoms with Gasteiger partial charge in [-0.3, -0.25) is 0 Å². The van der Waals surface area contributed by atoms with Crippen LogP contribution in [0.2, 0.25) is 6.04 Å². The first-order valence-electron chi connectivity index (χ1n) is 3.38. The van der Waals surface area contributed by atoms with Gasteiger partial charge in [0.1, 0.15) is 0 Å². The summed E-state index contributed by atoms with van der Waals surface area (Å²) in [6.07, 6.45) is 0.951. The van der Waals surface area contributed by atoms with E-state index in [1.807, 2.05) is 13.8 Å². The Balaban J connectivity index is 3.43. The molecule has 0 radical (unpaired) electrons. The zero-order valence-electron chi connectivity index (χ0n) is 6.15. The van der Waals surface area contributed by atoms with Gasteiger partial charge in [0, 0.05) is 0 Å². The Morgan fingerprint density at radius 2 is 2.11 bits per heavy atom. The minimum absolute atomic E-state index is 0.737. The maximum absolute atomic E-state index is 9.32. The van der Waals surface area contributed by atoms with E-state index in [0.29, 0.717) is 0 Å². The first-order valence-corrected chi connectivity index (χ1v) is 5.62. The Morgan fingerprint density at radius 1 is 1.56 bits per heavy atom. The summed E-state index contributed by atoms with van der Waals surface area (Å²) in [7, 11) is -2.45. The maximum Gasteiger partial charge on any atom is 0.346 e. The molecule has 0 aliphatic heterocycles. The highest BCUT2D eigenvalue weighted by molar-refractivity contribution is 6.66. The summed E-state index contributed by atoms with van der Waals surface area (Å²) >= 11 is 0. The quantitative estimate of drug-likeness (QED) is 0.488. The van der Waals surface area contributed by atoms with Crippen molar-refractivity contribution in [2.24, 2.45) is 5.40 Å². The largest absolute Gasteiger partial charge is 0.408 e. The molecular weight excluding hydrogens is 132 g/mol. The van der Waals surface area contributed by atoms with Gasteiger partial charge in [-0.05, 0) is 12.6 Å². The molecular formula is C5H16N2OSi. The van der Waals surface area contributed by atoms with Crippen molar-refractivity contribution in [2.45, 2.75) is 26.3 Å². The Bertz CT molecular complexity index is 69.4. The van der Waals surface area contributed by atoms with Crippen molar-refractivity contribution >= 4 is 8.64 Å². The van der Waals surface area contributed by atoms with Crippen LogP contribution >= 0.6 is 0 Å². The van der Waals surface area contributed by atoms with Crippen molar-refractivity contribution in [1.82, 2.24) is 4.98 Å². The third-order valence-corrected chi connectivity index (χ3v) is 3.34. The first-order chi connectivity index (χ1) is 4.12. The summed E-state index contributed by atoms with van der Waals surface area (Å²) in [4.78, 5) is 12.2. The minimum atomic E-state index is -2.45. The monoisotopic (exact) mass is 148 g/mol. The van der Waals surface area contributed by atoms with Crippen LogP contribution in [0.3, 0.4) is 0 Å². The molecule has 4 N–H and O–H groups in total. The van der Waals surface area contributed by atoms with Gasteiger partial charge in [0.05, 0.1) is 0 Å². The predicted octanol–water partition coefficient (Wildman–Crippen LogP) is -0.104. The lowest BCUT2D eigenvalue weighted by Crippen LogP contribution is -2.59. The highest BCUT2D eigenvalue weighted by atomic mass is 28.4. The Kier molecular flexibility index (Phi) is 4.04. The molecule has 4 heteroatoms. The second kappa shape index (κ2) is 4.00. The summed E-state index contributed by atoms with van der Waals surface area (Å²) in [5.74, 6) is 0. The van der Waals surface area contributed by atoms with Gasteiger partial charge in [0.2, 0.25) is 0 Å². The maximum atomic E-state index is 9.32. The van der Waals surface area contributed by atoms with Gasteiger partial charge >= 0.3 is 8.64 Å². The fraction of sp³-hybridized carbons (Fsp3) is 1.00. The Labute approximate surface area is 57.5 Å². The molecule has 0 spiro atoms. The second-order valence-corrected chi connectivity index (χ2v) is 4.91. The van der Waals surface area contributed by atoms with Crippen molar-refractivity contribution in [2.75, 3.05) is 6.54 Å². The van der Waals surface area contributed by atoms with Crippen LogP contribution in [0.25, 0.3) is 0 Å². The zero-order valence-corrected chi connectivity index (χ0v) is 7.15. The van der Waals surface area contributed by atoms with Gasteiger partial charge in [-0.15, -0.1) is 0 Å². The van der Waals surface area contributed by atoms with Crippen molar-refractivity contribution in [3.63, 3.8) is 0 Å². The van der Waals surface area contributed by atoms with Gasteiger partial charge in [0.25, 0.3) is 0 Å². The number of nitrogens with two attached hydrogens (primary N) is 1. The molecule has 0 aliphatic carbocycles. The molecule has 0 aliphatic rings. The van der Waals surface area contributed by atoms with Gasteiger partial charge < -0.3 is 15.2 Å². The fourth-order valence-electron chi connectivity index (χ4n) is 0.776. The number of hydrogen-bond acceptors (Lipinski definition) is 3. The van der Waals surface area contributed by atoms with E-state index >= 15 is 0 Å². The summed E-state index contributed by atoms with van der Waals surface area (Å²) < 4.78 is 0. The minimum Gasteiger partial charge on any atom is -0.408 e. The summed E-state index contributed by atoms with van der Waals surface area (Å²) in [5, 5.41) is 5.52. The molecule has 0 aromatic rings. The molecule has 0 aromatic carbocycles. The summed E-state index contributed by atoms with van der Waals surface area (Å²) in [6.45, 7) is 4.72. The molecule has 1 atom stereocenters. The summed E-state index contributed by atoms with van der Waals surface area (Å²) in [5.41, 5.74) is 0. The number of hydrogen-bond donors (Lipinski definition) is 3. The highest BCUT2D eigenvalue weighted by Gasteiger charge is 2.23. The Hall–Kier alpha value is 0.0969. The number of nitrogens with one attached hydrogen (secondary N) is 1. The van der Waals surface area contributed by atoms with Crippen LogP contribution in [0.4, 0.5) is 0 Å². The van der Waals surface area contributed by atoms with Crippen molar-refractivity contribution in [3.8, 4) is 0 Å². The van der Waals surface area contributed by atoms with Crippen LogP contribution in [0.5, 0.6) is 0 Å². The Morgan fingerprint density at radius 3 is 2.44 bits per heavy atom. The van der Waals surface area contributed by atoms with E-state index in [1.165, 1.54) is 0 Å². The molecule has 0 aromatic heterocycles. The fourth-order valence-corrected chi connectivity index (χ4v) is 2.33. The molecule has 0 amide bonds. The van der Waals surface area contributed by atoms with Gasteiger partial charge in [0.15, 0.2) is 0 Å². The van der Waals surface area contributed by atoms with Crippen LogP contribution < -0.4 is 10.4 Å². The normalized spacial score (nSPS) is 17.3. The predicted molar refractivity (Wildman–Crippen MR) is 40.9 cm³/mol. The van der Waals surface area contributed by atoms with Crippen molar-refractivity contribution in [1.29, 1.82) is 0 Å². The molecule has 0 fully saturated rings. The average molecular weight is 148 g/mol. The molecule has 56 valence electrons.